The number of carbonyl (C=O) groups excluding carboxylic acids is 1. The first kappa shape index (κ1) is 23.6. The number of fused-ring (bicyclic) bond motifs is 1. The largest absolute Gasteiger partial charge is 0.494 e. The molecule has 1 aliphatic heterocycles. The van der Waals surface area contributed by atoms with Crippen LogP contribution in [0.2, 0.25) is 0 Å². The average Bonchev–Trinajstić information content (AvgIpc) is 2.79. The molecule has 1 heterocycles. The van der Waals surface area contributed by atoms with E-state index in [0.29, 0.717) is 26.1 Å². The molecule has 0 saturated carbocycles. The number of benzene rings is 2. The highest BCUT2D eigenvalue weighted by atomic mass is 16.5. The van der Waals surface area contributed by atoms with E-state index in [0.717, 1.165) is 48.0 Å². The second-order valence-corrected chi connectivity index (χ2v) is 8.26. The van der Waals surface area contributed by atoms with Crippen LogP contribution in [0.3, 0.4) is 0 Å². The smallest absolute Gasteiger partial charge is 0.225 e. The molecule has 7 heteroatoms. The van der Waals surface area contributed by atoms with E-state index in [1.54, 1.807) is 0 Å². The van der Waals surface area contributed by atoms with Crippen molar-refractivity contribution in [3.8, 4) is 5.75 Å². The summed E-state index contributed by atoms with van der Waals surface area (Å²) in [6.07, 6.45) is 1.48. The van der Waals surface area contributed by atoms with Crippen molar-refractivity contribution in [3.05, 3.63) is 59.7 Å². The predicted molar refractivity (Wildman–Crippen MR) is 130 cm³/mol. The van der Waals surface area contributed by atoms with Crippen LogP contribution in [0.1, 0.15) is 36.8 Å². The summed E-state index contributed by atoms with van der Waals surface area (Å²) in [4.78, 5) is 18.9. The highest BCUT2D eigenvalue weighted by molar-refractivity contribution is 5.94. The number of amides is 1. The van der Waals surface area contributed by atoms with E-state index in [-0.39, 0.29) is 11.8 Å². The van der Waals surface area contributed by atoms with Crippen LogP contribution >= 0.6 is 0 Å². The molecule has 1 unspecified atom stereocenters. The van der Waals surface area contributed by atoms with E-state index in [2.05, 4.69) is 53.1 Å². The lowest BCUT2D eigenvalue weighted by molar-refractivity contribution is -0.116. The molecule has 1 atom stereocenters. The number of ether oxygens (including phenoxy) is 1. The van der Waals surface area contributed by atoms with Crippen molar-refractivity contribution in [2.75, 3.05) is 45.7 Å². The van der Waals surface area contributed by atoms with Crippen molar-refractivity contribution in [2.24, 2.45) is 4.99 Å². The van der Waals surface area contributed by atoms with Gasteiger partial charge in [0.15, 0.2) is 5.96 Å². The fourth-order valence-corrected chi connectivity index (χ4v) is 3.68. The molecule has 0 saturated heterocycles. The molecule has 0 aliphatic carbocycles. The summed E-state index contributed by atoms with van der Waals surface area (Å²) in [6.45, 7) is 5.76. The monoisotopic (exact) mass is 437 g/mol. The number of nitrogens with zero attached hydrogens (tertiary/aromatic N) is 2. The SMILES string of the molecule is CCNC(=NCc1ccc(OCCCN(C)C)cc1)NCC1CC(=O)Nc2ccccc21. The third kappa shape index (κ3) is 7.27. The molecular weight excluding hydrogens is 402 g/mol. The Morgan fingerprint density at radius 1 is 1.16 bits per heavy atom. The Morgan fingerprint density at radius 3 is 2.69 bits per heavy atom. The van der Waals surface area contributed by atoms with E-state index in [1.807, 2.05) is 37.3 Å². The highest BCUT2D eigenvalue weighted by Gasteiger charge is 2.24. The summed E-state index contributed by atoms with van der Waals surface area (Å²) in [6, 6.07) is 16.1. The molecule has 0 spiro atoms. The fourth-order valence-electron chi connectivity index (χ4n) is 3.68. The van der Waals surface area contributed by atoms with E-state index in [1.165, 1.54) is 0 Å². The zero-order valence-electron chi connectivity index (χ0n) is 19.4. The minimum Gasteiger partial charge on any atom is -0.494 e. The van der Waals surface area contributed by atoms with Crippen LogP contribution in [0, 0.1) is 0 Å². The van der Waals surface area contributed by atoms with Crippen molar-refractivity contribution in [3.63, 3.8) is 0 Å². The lowest BCUT2D eigenvalue weighted by Crippen LogP contribution is -2.40. The van der Waals surface area contributed by atoms with Crippen LogP contribution in [0.15, 0.2) is 53.5 Å². The normalized spacial score (nSPS) is 15.8. The maximum Gasteiger partial charge on any atom is 0.225 e. The molecular formula is C25H35N5O2. The zero-order valence-corrected chi connectivity index (χ0v) is 19.4. The van der Waals surface area contributed by atoms with Gasteiger partial charge in [0.1, 0.15) is 5.75 Å². The number of aliphatic imine (C=N–C) groups is 1. The number of carbonyl (C=O) groups is 1. The lowest BCUT2D eigenvalue weighted by atomic mass is 9.90. The molecule has 172 valence electrons. The van der Waals surface area contributed by atoms with Gasteiger partial charge >= 0.3 is 0 Å². The van der Waals surface area contributed by atoms with E-state index < -0.39 is 0 Å². The van der Waals surface area contributed by atoms with Gasteiger partial charge in [0.25, 0.3) is 0 Å². The maximum absolute atomic E-state index is 12.1. The van der Waals surface area contributed by atoms with Gasteiger partial charge in [-0.2, -0.15) is 0 Å². The molecule has 0 aromatic heterocycles. The molecule has 0 fully saturated rings. The number of nitrogens with one attached hydrogen (secondary N) is 3. The van der Waals surface area contributed by atoms with E-state index >= 15 is 0 Å². The van der Waals surface area contributed by atoms with Gasteiger partial charge in [-0.05, 0) is 56.8 Å². The molecule has 3 rings (SSSR count). The van der Waals surface area contributed by atoms with Gasteiger partial charge < -0.3 is 25.6 Å². The first-order valence-corrected chi connectivity index (χ1v) is 11.3. The second kappa shape index (κ2) is 12.1. The van der Waals surface area contributed by atoms with Gasteiger partial charge in [-0.1, -0.05) is 30.3 Å². The van der Waals surface area contributed by atoms with Crippen LogP contribution in [0.5, 0.6) is 5.75 Å². The molecule has 0 bridgehead atoms. The molecule has 7 nitrogen and oxygen atoms in total. The van der Waals surface area contributed by atoms with Crippen molar-refractivity contribution in [2.45, 2.75) is 32.2 Å². The Balaban J connectivity index is 1.53. The molecule has 3 N–H and O–H groups in total. The molecule has 1 aliphatic rings. The van der Waals surface area contributed by atoms with Crippen LogP contribution in [0.4, 0.5) is 5.69 Å². The number of anilines is 1. The Kier molecular flexibility index (Phi) is 8.92. The van der Waals surface area contributed by atoms with Crippen LogP contribution < -0.4 is 20.7 Å². The summed E-state index contributed by atoms with van der Waals surface area (Å²) < 4.78 is 5.80. The molecule has 1 amide bonds. The van der Waals surface area contributed by atoms with Gasteiger partial charge in [-0.3, -0.25) is 4.79 Å². The summed E-state index contributed by atoms with van der Waals surface area (Å²) in [7, 11) is 4.13. The Bertz CT molecular complexity index is 895. The molecule has 0 radical (unpaired) electrons. The Labute approximate surface area is 191 Å². The predicted octanol–water partition coefficient (Wildman–Crippen LogP) is 3.20. The van der Waals surface area contributed by atoms with Gasteiger partial charge in [-0.25, -0.2) is 4.99 Å². The third-order valence-electron chi connectivity index (χ3n) is 5.33. The van der Waals surface area contributed by atoms with Crippen molar-refractivity contribution >= 4 is 17.6 Å². The quantitative estimate of drug-likeness (QED) is 0.302. The third-order valence-corrected chi connectivity index (χ3v) is 5.33. The summed E-state index contributed by atoms with van der Waals surface area (Å²) in [5.41, 5.74) is 3.18. The van der Waals surface area contributed by atoms with Crippen LogP contribution in [0.25, 0.3) is 0 Å². The Hall–Kier alpha value is -3.06. The van der Waals surface area contributed by atoms with Gasteiger partial charge in [-0.15, -0.1) is 0 Å². The summed E-state index contributed by atoms with van der Waals surface area (Å²) in [5.74, 6) is 1.81. The van der Waals surface area contributed by atoms with Gasteiger partial charge in [0, 0.05) is 37.7 Å². The van der Waals surface area contributed by atoms with E-state index in [4.69, 9.17) is 9.73 Å². The first-order valence-electron chi connectivity index (χ1n) is 11.3. The topological polar surface area (TPSA) is 78.0 Å². The number of para-hydroxylation sites is 1. The van der Waals surface area contributed by atoms with Gasteiger partial charge in [0.05, 0.1) is 13.2 Å². The standard InChI is InChI=1S/C25H35N5O2/c1-4-26-25(28-18-20-16-24(31)29-23-9-6-5-8-22(20)23)27-17-19-10-12-21(13-11-19)32-15-7-14-30(2)3/h5-6,8-13,20H,4,7,14-18H2,1-3H3,(H,29,31)(H2,26,27,28). The maximum atomic E-state index is 12.1. The lowest BCUT2D eigenvalue weighted by Gasteiger charge is -2.26. The average molecular weight is 438 g/mol. The number of hydrogen-bond acceptors (Lipinski definition) is 4. The van der Waals surface area contributed by atoms with E-state index in [9.17, 15) is 4.79 Å². The fraction of sp³-hybridized carbons (Fsp3) is 0.440. The van der Waals surface area contributed by atoms with Crippen molar-refractivity contribution in [1.29, 1.82) is 0 Å². The van der Waals surface area contributed by atoms with Crippen molar-refractivity contribution < 1.29 is 9.53 Å². The highest BCUT2D eigenvalue weighted by Crippen LogP contribution is 2.31. The minimum absolute atomic E-state index is 0.0569. The Morgan fingerprint density at radius 2 is 1.94 bits per heavy atom. The molecule has 2 aromatic rings. The minimum atomic E-state index is 0.0569. The van der Waals surface area contributed by atoms with Crippen LogP contribution in [-0.2, 0) is 11.3 Å². The van der Waals surface area contributed by atoms with Crippen LogP contribution in [-0.4, -0.2) is 57.1 Å². The molecule has 2 aromatic carbocycles. The number of guanidine groups is 1. The number of hydrogen-bond donors (Lipinski definition) is 3. The number of rotatable bonds is 10. The summed E-state index contributed by atoms with van der Waals surface area (Å²) >= 11 is 0. The van der Waals surface area contributed by atoms with Gasteiger partial charge in [0.2, 0.25) is 5.91 Å². The first-order chi connectivity index (χ1) is 15.5. The van der Waals surface area contributed by atoms with Crippen molar-refractivity contribution in [1.82, 2.24) is 15.5 Å². The molecule has 32 heavy (non-hydrogen) atoms. The second-order valence-electron chi connectivity index (χ2n) is 8.26. The summed E-state index contributed by atoms with van der Waals surface area (Å²) in [5, 5.41) is 9.65. The zero-order chi connectivity index (χ0) is 22.8.